The van der Waals surface area contributed by atoms with E-state index in [0.717, 1.165) is 5.56 Å². The van der Waals surface area contributed by atoms with E-state index in [9.17, 15) is 9.59 Å². The van der Waals surface area contributed by atoms with Crippen molar-refractivity contribution in [2.75, 3.05) is 7.11 Å². The molecule has 0 N–H and O–H groups in total. The minimum atomic E-state index is -0.824. The minimum Gasteiger partial charge on any atom is -0.468 e. The van der Waals surface area contributed by atoms with E-state index in [1.165, 1.54) is 20.1 Å². The maximum atomic E-state index is 11.3. The molecule has 94 valence electrons. The molecule has 3 heteroatoms. The molecule has 1 atom stereocenters. The fourth-order valence-corrected chi connectivity index (χ4v) is 1.41. The first kappa shape index (κ1) is 13.9. The molecule has 0 amide bonds. The van der Waals surface area contributed by atoms with E-state index in [0.29, 0.717) is 0 Å². The number of carbonyl (C=O) groups is 2. The lowest BCUT2D eigenvalue weighted by Gasteiger charge is -2.04. The van der Waals surface area contributed by atoms with E-state index >= 15 is 0 Å². The van der Waals surface area contributed by atoms with Crippen LogP contribution < -0.4 is 0 Å². The highest BCUT2D eigenvalue weighted by Gasteiger charge is 2.20. The Kier molecular flexibility index (Phi) is 5.58. The van der Waals surface area contributed by atoms with E-state index in [2.05, 4.69) is 4.74 Å². The molecule has 1 aromatic carbocycles. The molecule has 1 unspecified atom stereocenters. The molecule has 0 aliphatic rings. The van der Waals surface area contributed by atoms with Crippen molar-refractivity contribution in [3.63, 3.8) is 0 Å². The predicted molar refractivity (Wildman–Crippen MR) is 70.8 cm³/mol. The molecule has 1 aromatic rings. The predicted octanol–water partition coefficient (Wildman–Crippen LogP) is 2.63. The van der Waals surface area contributed by atoms with Gasteiger partial charge in [-0.1, -0.05) is 54.6 Å². The summed E-state index contributed by atoms with van der Waals surface area (Å²) in [5.41, 5.74) is 1.06. The Hall–Kier alpha value is -2.16. The minimum absolute atomic E-state index is 0.230. The maximum Gasteiger partial charge on any atom is 0.320 e. The summed E-state index contributed by atoms with van der Waals surface area (Å²) in [5, 5.41) is 0. The smallest absolute Gasteiger partial charge is 0.320 e. The lowest BCUT2D eigenvalue weighted by atomic mass is 10.1. The average molecular weight is 244 g/mol. The van der Waals surface area contributed by atoms with Gasteiger partial charge in [0.1, 0.15) is 11.7 Å². The summed E-state index contributed by atoms with van der Waals surface area (Å²) in [4.78, 5) is 22.5. The van der Waals surface area contributed by atoms with Crippen molar-refractivity contribution in [1.29, 1.82) is 0 Å². The van der Waals surface area contributed by atoms with Crippen LogP contribution in [-0.2, 0) is 14.3 Å². The molecule has 1 rings (SSSR count). The molecule has 0 saturated heterocycles. The molecular weight excluding hydrogens is 228 g/mol. The van der Waals surface area contributed by atoms with Gasteiger partial charge in [-0.3, -0.25) is 9.59 Å². The zero-order valence-electron chi connectivity index (χ0n) is 10.5. The van der Waals surface area contributed by atoms with E-state index in [-0.39, 0.29) is 5.78 Å². The van der Waals surface area contributed by atoms with Gasteiger partial charge < -0.3 is 4.74 Å². The summed E-state index contributed by atoms with van der Waals surface area (Å²) in [5.74, 6) is -1.59. The molecule has 0 aliphatic carbocycles. The number of esters is 1. The number of hydrogen-bond donors (Lipinski definition) is 0. The van der Waals surface area contributed by atoms with Crippen LogP contribution in [-0.4, -0.2) is 18.9 Å². The van der Waals surface area contributed by atoms with Crippen molar-refractivity contribution in [3.8, 4) is 0 Å². The zero-order valence-corrected chi connectivity index (χ0v) is 10.5. The Balaban J connectivity index is 2.65. The van der Waals surface area contributed by atoms with Gasteiger partial charge >= 0.3 is 5.97 Å². The Labute approximate surface area is 107 Å². The molecule has 0 heterocycles. The summed E-state index contributed by atoms with van der Waals surface area (Å²) in [6.07, 6.45) is 6.89. The first-order chi connectivity index (χ1) is 8.65. The topological polar surface area (TPSA) is 43.4 Å². The standard InChI is InChI=1S/C15H16O3/c1-12(16)14(15(17)18-2)11-7-6-10-13-8-4-3-5-9-13/h3-11,14H,1-2H3. The summed E-state index contributed by atoms with van der Waals surface area (Å²) < 4.78 is 4.55. The number of ketones is 1. The van der Waals surface area contributed by atoms with Gasteiger partial charge in [0, 0.05) is 0 Å². The van der Waals surface area contributed by atoms with Crippen LogP contribution in [0.5, 0.6) is 0 Å². The molecule has 3 nitrogen and oxygen atoms in total. The van der Waals surface area contributed by atoms with Crippen molar-refractivity contribution in [1.82, 2.24) is 0 Å². The van der Waals surface area contributed by atoms with Crippen LogP contribution in [0, 0.1) is 5.92 Å². The Morgan fingerprint density at radius 1 is 1.17 bits per heavy atom. The van der Waals surface area contributed by atoms with Crippen LogP contribution in [0.4, 0.5) is 0 Å². The van der Waals surface area contributed by atoms with Gasteiger partial charge in [-0.25, -0.2) is 0 Å². The Bertz CT molecular complexity index is 458. The second-order valence-electron chi connectivity index (χ2n) is 3.77. The van der Waals surface area contributed by atoms with Crippen molar-refractivity contribution < 1.29 is 14.3 Å². The van der Waals surface area contributed by atoms with E-state index in [4.69, 9.17) is 0 Å². The van der Waals surface area contributed by atoms with Gasteiger partial charge in [-0.2, -0.15) is 0 Å². The average Bonchev–Trinajstić information content (AvgIpc) is 2.38. The zero-order chi connectivity index (χ0) is 13.4. The van der Waals surface area contributed by atoms with Crippen molar-refractivity contribution in [2.45, 2.75) is 6.92 Å². The van der Waals surface area contributed by atoms with Crippen LogP contribution in [0.2, 0.25) is 0 Å². The first-order valence-electron chi connectivity index (χ1n) is 5.63. The number of Topliss-reactive ketones (excluding diaryl/α,β-unsaturated/α-hetero) is 1. The SMILES string of the molecule is COC(=O)C(C=CC=Cc1ccccc1)C(C)=O. The highest BCUT2D eigenvalue weighted by molar-refractivity contribution is 5.99. The lowest BCUT2D eigenvalue weighted by Crippen LogP contribution is -2.20. The van der Waals surface area contributed by atoms with Crippen LogP contribution in [0.25, 0.3) is 6.08 Å². The van der Waals surface area contributed by atoms with Crippen molar-refractivity contribution in [3.05, 3.63) is 54.1 Å². The van der Waals surface area contributed by atoms with E-state index in [1.807, 2.05) is 36.4 Å². The van der Waals surface area contributed by atoms with Crippen molar-refractivity contribution >= 4 is 17.8 Å². The summed E-state index contributed by atoms with van der Waals surface area (Å²) in [7, 11) is 1.27. The molecule has 0 saturated carbocycles. The number of hydrogen-bond acceptors (Lipinski definition) is 3. The fraction of sp³-hybridized carbons (Fsp3) is 0.200. The first-order valence-corrected chi connectivity index (χ1v) is 5.63. The number of benzene rings is 1. The quantitative estimate of drug-likeness (QED) is 0.454. The van der Waals surface area contributed by atoms with E-state index in [1.54, 1.807) is 12.2 Å². The normalized spacial score (nSPS) is 12.8. The lowest BCUT2D eigenvalue weighted by molar-refractivity contribution is -0.146. The largest absolute Gasteiger partial charge is 0.468 e. The molecule has 0 aromatic heterocycles. The van der Waals surface area contributed by atoms with Crippen LogP contribution in [0.15, 0.2) is 48.6 Å². The second-order valence-corrected chi connectivity index (χ2v) is 3.77. The Morgan fingerprint density at radius 3 is 2.39 bits per heavy atom. The van der Waals surface area contributed by atoms with Crippen LogP contribution in [0.3, 0.4) is 0 Å². The van der Waals surface area contributed by atoms with Crippen LogP contribution in [0.1, 0.15) is 12.5 Å². The summed E-state index contributed by atoms with van der Waals surface area (Å²) >= 11 is 0. The van der Waals surface area contributed by atoms with Gasteiger partial charge in [0.25, 0.3) is 0 Å². The second kappa shape index (κ2) is 7.22. The highest BCUT2D eigenvalue weighted by atomic mass is 16.5. The van der Waals surface area contributed by atoms with Gasteiger partial charge in [-0.05, 0) is 12.5 Å². The molecule has 18 heavy (non-hydrogen) atoms. The van der Waals surface area contributed by atoms with Crippen LogP contribution >= 0.6 is 0 Å². The molecular formula is C15H16O3. The van der Waals surface area contributed by atoms with Crippen molar-refractivity contribution in [2.24, 2.45) is 5.92 Å². The third kappa shape index (κ3) is 4.37. The van der Waals surface area contributed by atoms with E-state index < -0.39 is 11.9 Å². The molecule has 0 aliphatic heterocycles. The number of methoxy groups -OCH3 is 1. The Morgan fingerprint density at radius 2 is 1.83 bits per heavy atom. The number of rotatable bonds is 5. The van der Waals surface area contributed by atoms with Gasteiger partial charge in [0.05, 0.1) is 7.11 Å². The number of ether oxygens (including phenoxy) is 1. The van der Waals surface area contributed by atoms with Gasteiger partial charge in [0.15, 0.2) is 0 Å². The monoisotopic (exact) mass is 244 g/mol. The third-order valence-corrected chi connectivity index (χ3v) is 2.40. The molecule has 0 fully saturated rings. The maximum absolute atomic E-state index is 11.3. The van der Waals surface area contributed by atoms with Gasteiger partial charge in [-0.15, -0.1) is 0 Å². The molecule has 0 spiro atoms. The molecule has 0 radical (unpaired) electrons. The number of allylic oxidation sites excluding steroid dienone is 2. The summed E-state index contributed by atoms with van der Waals surface area (Å²) in [6.45, 7) is 1.37. The van der Waals surface area contributed by atoms with Gasteiger partial charge in [0.2, 0.25) is 0 Å². The fourth-order valence-electron chi connectivity index (χ4n) is 1.41. The highest BCUT2D eigenvalue weighted by Crippen LogP contribution is 2.05. The third-order valence-electron chi connectivity index (χ3n) is 2.40. The number of carbonyl (C=O) groups excluding carboxylic acids is 2. The summed E-state index contributed by atoms with van der Waals surface area (Å²) in [6, 6.07) is 9.75. The molecule has 0 bridgehead atoms.